The van der Waals surface area contributed by atoms with Crippen molar-refractivity contribution in [3.05, 3.63) is 53.1 Å². The Morgan fingerprint density at radius 1 is 0.912 bits per heavy atom. The second kappa shape index (κ2) is 9.91. The standard InChI is InChI=1S/C24H32N4O5S/c1-16-5-6-18(13-17(16)2)20-15-21(26-25-20)24(29)27-9-11-28(12-10-27)34(30,31)19-7-8-22(32-3)23(14-19)33-4/h5-8,13-14,20-21,25-26H,9-12,15H2,1-4H3. The van der Waals surface area contributed by atoms with Gasteiger partial charge in [0.1, 0.15) is 6.04 Å². The third-order valence-electron chi connectivity index (χ3n) is 6.68. The minimum Gasteiger partial charge on any atom is -0.493 e. The molecule has 0 radical (unpaired) electrons. The van der Waals surface area contributed by atoms with Crippen molar-refractivity contribution in [3.8, 4) is 11.5 Å². The summed E-state index contributed by atoms with van der Waals surface area (Å²) < 4.78 is 38.1. The highest BCUT2D eigenvalue weighted by Gasteiger charge is 2.36. The Kier molecular flexibility index (Phi) is 7.13. The van der Waals surface area contributed by atoms with Crippen LogP contribution in [0.5, 0.6) is 11.5 Å². The Hall–Kier alpha value is -2.66. The number of rotatable bonds is 6. The third kappa shape index (κ3) is 4.76. The molecular formula is C24H32N4O5S. The summed E-state index contributed by atoms with van der Waals surface area (Å²) in [6.07, 6.45) is 0.644. The van der Waals surface area contributed by atoms with Crippen LogP contribution in [0.1, 0.15) is 29.2 Å². The fraction of sp³-hybridized carbons (Fsp3) is 0.458. The zero-order chi connectivity index (χ0) is 24.5. The molecule has 2 unspecified atom stereocenters. The van der Waals surface area contributed by atoms with Crippen LogP contribution in [-0.4, -0.2) is 70.0 Å². The fourth-order valence-corrected chi connectivity index (χ4v) is 5.85. The largest absolute Gasteiger partial charge is 0.493 e. The lowest BCUT2D eigenvalue weighted by atomic mass is 9.98. The molecule has 2 fully saturated rings. The number of hydrazine groups is 1. The molecule has 0 aromatic heterocycles. The maximum absolute atomic E-state index is 13.1. The van der Waals surface area contributed by atoms with Gasteiger partial charge in [0.15, 0.2) is 11.5 Å². The molecule has 184 valence electrons. The lowest BCUT2D eigenvalue weighted by molar-refractivity contribution is -0.134. The number of nitrogens with one attached hydrogen (secondary N) is 2. The molecule has 2 aromatic carbocycles. The Labute approximate surface area is 201 Å². The smallest absolute Gasteiger partial charge is 0.243 e. The molecule has 2 aliphatic rings. The number of amides is 1. The molecule has 0 saturated carbocycles. The van der Waals surface area contributed by atoms with Gasteiger partial charge in [-0.3, -0.25) is 4.79 Å². The average molecular weight is 489 g/mol. The molecular weight excluding hydrogens is 456 g/mol. The molecule has 2 atom stereocenters. The maximum Gasteiger partial charge on any atom is 0.243 e. The molecule has 34 heavy (non-hydrogen) atoms. The van der Waals surface area contributed by atoms with Crippen LogP contribution in [-0.2, 0) is 14.8 Å². The number of carbonyl (C=O) groups excluding carboxylic acids is 1. The van der Waals surface area contributed by atoms with Gasteiger partial charge < -0.3 is 14.4 Å². The first-order valence-electron chi connectivity index (χ1n) is 11.3. The Morgan fingerprint density at radius 2 is 1.62 bits per heavy atom. The van der Waals surface area contributed by atoms with E-state index in [4.69, 9.17) is 9.47 Å². The highest BCUT2D eigenvalue weighted by Crippen LogP contribution is 2.31. The fourth-order valence-electron chi connectivity index (χ4n) is 4.41. The zero-order valence-electron chi connectivity index (χ0n) is 20.0. The summed E-state index contributed by atoms with van der Waals surface area (Å²) in [4.78, 5) is 15.0. The van der Waals surface area contributed by atoms with Gasteiger partial charge in [0.25, 0.3) is 0 Å². The number of sulfonamides is 1. The van der Waals surface area contributed by atoms with Crippen LogP contribution >= 0.6 is 0 Å². The van der Waals surface area contributed by atoms with Gasteiger partial charge in [-0.1, -0.05) is 18.2 Å². The summed E-state index contributed by atoms with van der Waals surface area (Å²) in [5.74, 6) is 0.811. The van der Waals surface area contributed by atoms with Crippen molar-refractivity contribution in [1.82, 2.24) is 20.1 Å². The van der Waals surface area contributed by atoms with Crippen molar-refractivity contribution in [2.24, 2.45) is 0 Å². The number of hydrogen-bond acceptors (Lipinski definition) is 7. The van der Waals surface area contributed by atoms with Gasteiger partial charge in [-0.2, -0.15) is 4.31 Å². The van der Waals surface area contributed by atoms with Crippen LogP contribution in [0.2, 0.25) is 0 Å². The van der Waals surface area contributed by atoms with E-state index in [2.05, 4.69) is 42.9 Å². The second-order valence-corrected chi connectivity index (χ2v) is 10.7. The van der Waals surface area contributed by atoms with Gasteiger partial charge in [-0.15, -0.1) is 0 Å². The zero-order valence-corrected chi connectivity index (χ0v) is 20.8. The summed E-state index contributed by atoms with van der Waals surface area (Å²) in [7, 11) is -0.740. The molecule has 10 heteroatoms. The Bertz CT molecular complexity index is 1160. The van der Waals surface area contributed by atoms with E-state index in [-0.39, 0.29) is 36.0 Å². The minimum atomic E-state index is -3.71. The molecule has 2 heterocycles. The van der Waals surface area contributed by atoms with E-state index in [0.29, 0.717) is 31.0 Å². The maximum atomic E-state index is 13.1. The van der Waals surface area contributed by atoms with Crippen LogP contribution in [0.3, 0.4) is 0 Å². The molecule has 2 aliphatic heterocycles. The molecule has 0 bridgehead atoms. The highest BCUT2D eigenvalue weighted by molar-refractivity contribution is 7.89. The number of ether oxygens (including phenoxy) is 2. The molecule has 1 amide bonds. The molecule has 0 spiro atoms. The quantitative estimate of drug-likeness (QED) is 0.639. The van der Waals surface area contributed by atoms with Gasteiger partial charge in [-0.05, 0) is 49.1 Å². The molecule has 2 saturated heterocycles. The number of benzene rings is 2. The van der Waals surface area contributed by atoms with E-state index < -0.39 is 10.0 Å². The van der Waals surface area contributed by atoms with Crippen molar-refractivity contribution in [1.29, 1.82) is 0 Å². The first-order valence-corrected chi connectivity index (χ1v) is 12.8. The topological polar surface area (TPSA) is 100 Å². The number of piperazine rings is 1. The monoisotopic (exact) mass is 488 g/mol. The van der Waals surface area contributed by atoms with Crippen molar-refractivity contribution in [2.45, 2.75) is 37.2 Å². The van der Waals surface area contributed by atoms with Crippen molar-refractivity contribution in [2.75, 3.05) is 40.4 Å². The van der Waals surface area contributed by atoms with E-state index in [9.17, 15) is 13.2 Å². The molecule has 4 rings (SSSR count). The summed E-state index contributed by atoms with van der Waals surface area (Å²) in [5, 5.41) is 0. The van der Waals surface area contributed by atoms with Crippen LogP contribution in [0.15, 0.2) is 41.3 Å². The number of methoxy groups -OCH3 is 2. The second-order valence-electron chi connectivity index (χ2n) is 8.72. The van der Waals surface area contributed by atoms with Crippen molar-refractivity contribution >= 4 is 15.9 Å². The molecule has 2 aromatic rings. The third-order valence-corrected chi connectivity index (χ3v) is 8.57. The number of hydrogen-bond donors (Lipinski definition) is 2. The summed E-state index contributed by atoms with van der Waals surface area (Å²) in [5.41, 5.74) is 9.98. The van der Waals surface area contributed by atoms with Crippen LogP contribution in [0.25, 0.3) is 0 Å². The average Bonchev–Trinajstić information content (AvgIpc) is 3.35. The van der Waals surface area contributed by atoms with Crippen molar-refractivity contribution < 1.29 is 22.7 Å². The van der Waals surface area contributed by atoms with E-state index in [1.54, 1.807) is 11.0 Å². The number of nitrogens with zero attached hydrogens (tertiary/aromatic N) is 2. The predicted octanol–water partition coefficient (Wildman–Crippen LogP) is 1.76. The van der Waals surface area contributed by atoms with Crippen LogP contribution in [0, 0.1) is 13.8 Å². The summed E-state index contributed by atoms with van der Waals surface area (Å²) >= 11 is 0. The lowest BCUT2D eigenvalue weighted by Gasteiger charge is -2.35. The normalized spacial score (nSPS) is 21.5. The van der Waals surface area contributed by atoms with E-state index in [1.807, 2.05) is 0 Å². The number of aryl methyl sites for hydroxylation is 2. The first-order chi connectivity index (χ1) is 16.2. The van der Waals surface area contributed by atoms with Gasteiger partial charge in [0.05, 0.1) is 19.1 Å². The molecule has 2 N–H and O–H groups in total. The lowest BCUT2D eigenvalue weighted by Crippen LogP contribution is -2.54. The van der Waals surface area contributed by atoms with Crippen LogP contribution in [0.4, 0.5) is 0 Å². The predicted molar refractivity (Wildman–Crippen MR) is 128 cm³/mol. The van der Waals surface area contributed by atoms with Gasteiger partial charge in [0, 0.05) is 38.3 Å². The first kappa shape index (κ1) is 24.5. The summed E-state index contributed by atoms with van der Waals surface area (Å²) in [6, 6.07) is 10.6. The molecule has 0 aliphatic carbocycles. The number of carbonyl (C=O) groups is 1. The minimum absolute atomic E-state index is 0.0120. The van der Waals surface area contributed by atoms with E-state index in [1.165, 1.54) is 41.8 Å². The molecule has 9 nitrogen and oxygen atoms in total. The van der Waals surface area contributed by atoms with E-state index >= 15 is 0 Å². The highest BCUT2D eigenvalue weighted by atomic mass is 32.2. The Balaban J connectivity index is 1.37. The van der Waals surface area contributed by atoms with Gasteiger partial charge in [0.2, 0.25) is 15.9 Å². The SMILES string of the molecule is COc1ccc(S(=O)(=O)N2CCN(C(=O)C3CC(c4ccc(C)c(C)c4)NN3)CC2)cc1OC. The van der Waals surface area contributed by atoms with Gasteiger partial charge >= 0.3 is 0 Å². The van der Waals surface area contributed by atoms with Gasteiger partial charge in [-0.25, -0.2) is 19.3 Å². The Morgan fingerprint density at radius 3 is 2.26 bits per heavy atom. The van der Waals surface area contributed by atoms with E-state index in [0.717, 1.165) is 5.56 Å². The van der Waals surface area contributed by atoms with Crippen LogP contribution < -0.4 is 20.3 Å². The summed E-state index contributed by atoms with van der Waals surface area (Å²) in [6.45, 7) is 5.33. The van der Waals surface area contributed by atoms with Crippen molar-refractivity contribution in [3.63, 3.8) is 0 Å².